The fraction of sp³-hybridized carbons (Fsp3) is 0.583. The van der Waals surface area contributed by atoms with Crippen LogP contribution in [-0.2, 0) is 9.47 Å². The monoisotopic (exact) mass is 258 g/mol. The maximum absolute atomic E-state index is 5.96. The molecule has 96 valence electrons. The summed E-state index contributed by atoms with van der Waals surface area (Å²) >= 11 is 5.96. The number of aromatic nitrogens is 1. The number of unbranched alkanes of at least 4 members (excludes halogenated alkanes) is 1. The topological polar surface area (TPSA) is 43.4 Å². The van der Waals surface area contributed by atoms with Crippen molar-refractivity contribution in [1.29, 1.82) is 0 Å². The second-order valence-corrected chi connectivity index (χ2v) is 4.00. The molecular formula is C12H19ClN2O2. The molecule has 0 spiro atoms. The Hall–Kier alpha value is -0.840. The predicted molar refractivity (Wildman–Crippen MR) is 69.7 cm³/mol. The van der Waals surface area contributed by atoms with Crippen molar-refractivity contribution in [3.8, 4) is 0 Å². The lowest BCUT2D eigenvalue weighted by atomic mass is 10.3. The fourth-order valence-corrected chi connectivity index (χ4v) is 1.50. The number of hydrogen-bond acceptors (Lipinski definition) is 4. The van der Waals surface area contributed by atoms with Gasteiger partial charge in [-0.3, -0.25) is 4.98 Å². The van der Waals surface area contributed by atoms with Crippen LogP contribution in [0.25, 0.3) is 0 Å². The van der Waals surface area contributed by atoms with E-state index in [1.807, 2.05) is 6.07 Å². The number of anilines is 1. The summed E-state index contributed by atoms with van der Waals surface area (Å²) < 4.78 is 10.2. The highest BCUT2D eigenvalue weighted by molar-refractivity contribution is 6.33. The Balaban J connectivity index is 1.99. The molecule has 1 aromatic rings. The van der Waals surface area contributed by atoms with Crippen LogP contribution in [0.1, 0.15) is 12.8 Å². The predicted octanol–water partition coefficient (Wildman–Crippen LogP) is 2.59. The number of methoxy groups -OCH3 is 1. The zero-order chi connectivity index (χ0) is 12.3. The summed E-state index contributed by atoms with van der Waals surface area (Å²) in [6, 6.07) is 1.87. The van der Waals surface area contributed by atoms with Crippen LogP contribution >= 0.6 is 11.6 Å². The smallest absolute Gasteiger partial charge is 0.0820 e. The van der Waals surface area contributed by atoms with Gasteiger partial charge in [-0.2, -0.15) is 0 Å². The Labute approximate surface area is 107 Å². The highest BCUT2D eigenvalue weighted by atomic mass is 35.5. The first kappa shape index (κ1) is 14.2. The summed E-state index contributed by atoms with van der Waals surface area (Å²) in [5, 5.41) is 3.92. The second-order valence-electron chi connectivity index (χ2n) is 3.59. The zero-order valence-electron chi connectivity index (χ0n) is 10.1. The van der Waals surface area contributed by atoms with Crippen LogP contribution in [0, 0.1) is 0 Å². The summed E-state index contributed by atoms with van der Waals surface area (Å²) in [5.74, 6) is 0. The average molecular weight is 259 g/mol. The first-order valence-electron chi connectivity index (χ1n) is 5.74. The fourth-order valence-electron chi connectivity index (χ4n) is 1.32. The Morgan fingerprint density at radius 1 is 1.29 bits per heavy atom. The minimum Gasteiger partial charge on any atom is -0.384 e. The third-order valence-electron chi connectivity index (χ3n) is 2.24. The van der Waals surface area contributed by atoms with Crippen LogP contribution in [0.3, 0.4) is 0 Å². The molecule has 5 heteroatoms. The Bertz CT molecular complexity index is 310. The lowest BCUT2D eigenvalue weighted by Gasteiger charge is -2.07. The molecule has 4 nitrogen and oxygen atoms in total. The summed E-state index contributed by atoms with van der Waals surface area (Å²) in [7, 11) is 1.67. The van der Waals surface area contributed by atoms with Crippen molar-refractivity contribution in [3.05, 3.63) is 23.5 Å². The molecule has 0 unspecified atom stereocenters. The van der Waals surface area contributed by atoms with E-state index in [9.17, 15) is 0 Å². The van der Waals surface area contributed by atoms with Crippen molar-refractivity contribution >= 4 is 17.3 Å². The normalized spacial score (nSPS) is 10.5. The van der Waals surface area contributed by atoms with Crippen LogP contribution in [0.15, 0.2) is 18.5 Å². The molecular weight excluding hydrogens is 240 g/mol. The highest BCUT2D eigenvalue weighted by Gasteiger charge is 1.97. The molecule has 1 N–H and O–H groups in total. The van der Waals surface area contributed by atoms with E-state index in [1.54, 1.807) is 19.5 Å². The largest absolute Gasteiger partial charge is 0.384 e. The van der Waals surface area contributed by atoms with Crippen molar-refractivity contribution in [2.75, 3.05) is 38.8 Å². The van der Waals surface area contributed by atoms with Gasteiger partial charge in [0, 0.05) is 32.7 Å². The van der Waals surface area contributed by atoms with E-state index < -0.39 is 0 Å². The second kappa shape index (κ2) is 9.22. The molecule has 1 rings (SSSR count). The van der Waals surface area contributed by atoms with Crippen molar-refractivity contribution in [3.63, 3.8) is 0 Å². The van der Waals surface area contributed by atoms with Crippen LogP contribution < -0.4 is 5.32 Å². The number of pyridine rings is 1. The molecule has 0 aliphatic rings. The van der Waals surface area contributed by atoms with Gasteiger partial charge < -0.3 is 14.8 Å². The van der Waals surface area contributed by atoms with Gasteiger partial charge in [-0.1, -0.05) is 11.6 Å². The van der Waals surface area contributed by atoms with Crippen molar-refractivity contribution in [2.45, 2.75) is 12.8 Å². The van der Waals surface area contributed by atoms with E-state index in [-0.39, 0.29) is 0 Å². The average Bonchev–Trinajstić information content (AvgIpc) is 2.35. The molecule has 0 aliphatic carbocycles. The molecule has 0 aliphatic heterocycles. The quantitative estimate of drug-likeness (QED) is 0.692. The van der Waals surface area contributed by atoms with E-state index in [1.165, 1.54) is 0 Å². The van der Waals surface area contributed by atoms with E-state index in [2.05, 4.69) is 10.3 Å². The first-order valence-corrected chi connectivity index (χ1v) is 6.12. The number of rotatable bonds is 9. The van der Waals surface area contributed by atoms with E-state index in [0.717, 1.165) is 31.7 Å². The molecule has 1 heterocycles. The van der Waals surface area contributed by atoms with Crippen LogP contribution in [0.2, 0.25) is 5.02 Å². The van der Waals surface area contributed by atoms with Gasteiger partial charge >= 0.3 is 0 Å². The number of ether oxygens (including phenoxy) is 2. The van der Waals surface area contributed by atoms with Gasteiger partial charge in [-0.05, 0) is 18.9 Å². The van der Waals surface area contributed by atoms with Crippen LogP contribution in [0.5, 0.6) is 0 Å². The lowest BCUT2D eigenvalue weighted by Crippen LogP contribution is -2.06. The molecule has 0 bridgehead atoms. The molecule has 17 heavy (non-hydrogen) atoms. The van der Waals surface area contributed by atoms with Gasteiger partial charge in [0.25, 0.3) is 0 Å². The van der Waals surface area contributed by atoms with Crippen molar-refractivity contribution in [2.24, 2.45) is 0 Å². The zero-order valence-corrected chi connectivity index (χ0v) is 10.9. The molecule has 0 atom stereocenters. The summed E-state index contributed by atoms with van der Waals surface area (Å²) in [6.07, 6.45) is 5.44. The molecule has 1 aromatic heterocycles. The third kappa shape index (κ3) is 6.46. The first-order chi connectivity index (χ1) is 8.34. The van der Waals surface area contributed by atoms with Gasteiger partial charge in [0.15, 0.2) is 0 Å². The van der Waals surface area contributed by atoms with Gasteiger partial charge in [0.2, 0.25) is 0 Å². The van der Waals surface area contributed by atoms with Gasteiger partial charge in [0.05, 0.1) is 23.9 Å². The lowest BCUT2D eigenvalue weighted by molar-refractivity contribution is 0.0691. The van der Waals surface area contributed by atoms with Crippen molar-refractivity contribution < 1.29 is 9.47 Å². The molecule has 0 radical (unpaired) electrons. The van der Waals surface area contributed by atoms with Gasteiger partial charge in [-0.15, -0.1) is 0 Å². The molecule has 0 saturated carbocycles. The minimum absolute atomic E-state index is 0.656. The summed E-state index contributed by atoms with van der Waals surface area (Å²) in [4.78, 5) is 3.93. The van der Waals surface area contributed by atoms with Crippen LogP contribution in [0.4, 0.5) is 5.69 Å². The highest BCUT2D eigenvalue weighted by Crippen LogP contribution is 2.18. The number of halogens is 1. The van der Waals surface area contributed by atoms with Gasteiger partial charge in [0.1, 0.15) is 0 Å². The Kier molecular flexibility index (Phi) is 7.71. The Morgan fingerprint density at radius 2 is 2.18 bits per heavy atom. The summed E-state index contributed by atoms with van der Waals surface area (Å²) in [5.41, 5.74) is 0.932. The molecule has 0 amide bonds. The summed E-state index contributed by atoms with van der Waals surface area (Å²) in [6.45, 7) is 2.98. The van der Waals surface area contributed by atoms with E-state index in [0.29, 0.717) is 18.2 Å². The number of hydrogen-bond donors (Lipinski definition) is 1. The standard InChI is InChI=1S/C12H19ClN2O2/c1-16-8-9-17-7-3-2-5-15-12-4-6-14-10-11(12)13/h4,6,10H,2-3,5,7-9H2,1H3,(H,14,15). The maximum atomic E-state index is 5.96. The maximum Gasteiger partial charge on any atom is 0.0820 e. The Morgan fingerprint density at radius 3 is 2.94 bits per heavy atom. The van der Waals surface area contributed by atoms with E-state index in [4.69, 9.17) is 21.1 Å². The third-order valence-corrected chi connectivity index (χ3v) is 2.54. The number of nitrogens with zero attached hydrogens (tertiary/aromatic N) is 1. The molecule has 0 fully saturated rings. The van der Waals surface area contributed by atoms with Crippen molar-refractivity contribution in [1.82, 2.24) is 4.98 Å². The van der Waals surface area contributed by atoms with Crippen LogP contribution in [-0.4, -0.2) is 38.5 Å². The minimum atomic E-state index is 0.656. The SMILES string of the molecule is COCCOCCCCNc1ccncc1Cl. The molecule has 0 saturated heterocycles. The number of nitrogens with one attached hydrogen (secondary N) is 1. The van der Waals surface area contributed by atoms with E-state index >= 15 is 0 Å². The molecule has 0 aromatic carbocycles. The van der Waals surface area contributed by atoms with Gasteiger partial charge in [-0.25, -0.2) is 0 Å².